The third kappa shape index (κ3) is 2.20. The summed E-state index contributed by atoms with van der Waals surface area (Å²) in [7, 11) is 0. The highest BCUT2D eigenvalue weighted by atomic mass is 16.5. The molecule has 1 spiro atoms. The van der Waals surface area contributed by atoms with Crippen LogP contribution in [0, 0.1) is 11.3 Å². The molecule has 1 aromatic carbocycles. The summed E-state index contributed by atoms with van der Waals surface area (Å²) in [5, 5.41) is 9.57. The minimum absolute atomic E-state index is 0.0147. The van der Waals surface area contributed by atoms with Crippen molar-refractivity contribution in [3.05, 3.63) is 29.3 Å². The predicted molar refractivity (Wildman–Crippen MR) is 79.9 cm³/mol. The SMILES string of the molecule is CC(C)(C)c1ccc2c(c1)C(C#N)CC1(CCCC1)O2. The molecule has 1 saturated carbocycles. The van der Waals surface area contributed by atoms with Gasteiger partial charge >= 0.3 is 0 Å². The molecule has 2 nitrogen and oxygen atoms in total. The maximum atomic E-state index is 9.57. The van der Waals surface area contributed by atoms with E-state index in [0.717, 1.165) is 30.6 Å². The highest BCUT2D eigenvalue weighted by Crippen LogP contribution is 2.48. The number of fused-ring (bicyclic) bond motifs is 1. The molecule has 1 unspecified atom stereocenters. The first-order valence-corrected chi connectivity index (χ1v) is 7.67. The maximum absolute atomic E-state index is 9.57. The van der Waals surface area contributed by atoms with Gasteiger partial charge in [-0.25, -0.2) is 0 Å². The van der Waals surface area contributed by atoms with Crippen molar-refractivity contribution in [3.8, 4) is 11.8 Å². The van der Waals surface area contributed by atoms with Gasteiger partial charge < -0.3 is 4.74 Å². The van der Waals surface area contributed by atoms with E-state index >= 15 is 0 Å². The fourth-order valence-corrected chi connectivity index (χ4v) is 3.58. The lowest BCUT2D eigenvalue weighted by Crippen LogP contribution is -2.38. The molecule has 3 rings (SSSR count). The van der Waals surface area contributed by atoms with E-state index in [1.807, 2.05) is 0 Å². The summed E-state index contributed by atoms with van der Waals surface area (Å²) in [5.41, 5.74) is 2.42. The van der Waals surface area contributed by atoms with Gasteiger partial charge in [-0.15, -0.1) is 0 Å². The Morgan fingerprint density at radius 2 is 1.95 bits per heavy atom. The lowest BCUT2D eigenvalue weighted by Gasteiger charge is -2.38. The number of hydrogen-bond acceptors (Lipinski definition) is 2. The molecule has 0 amide bonds. The summed E-state index contributed by atoms with van der Waals surface area (Å²) in [6.45, 7) is 6.62. The predicted octanol–water partition coefficient (Wildman–Crippen LogP) is 4.69. The minimum Gasteiger partial charge on any atom is -0.487 e. The standard InChI is InChI=1S/C18H23NO/c1-17(2,3)14-6-7-16-15(10-14)13(12-19)11-18(20-16)8-4-5-9-18/h6-7,10,13H,4-5,8-9,11H2,1-3H3. The van der Waals surface area contributed by atoms with Gasteiger partial charge in [0.1, 0.15) is 11.4 Å². The molecule has 1 aromatic rings. The van der Waals surface area contributed by atoms with E-state index in [2.05, 4.69) is 45.0 Å². The summed E-state index contributed by atoms with van der Waals surface area (Å²) in [6, 6.07) is 8.93. The topological polar surface area (TPSA) is 33.0 Å². The van der Waals surface area contributed by atoms with E-state index in [1.165, 1.54) is 18.4 Å². The normalized spacial score (nSPS) is 24.0. The van der Waals surface area contributed by atoms with Crippen LogP contribution in [0.3, 0.4) is 0 Å². The Morgan fingerprint density at radius 3 is 2.55 bits per heavy atom. The number of rotatable bonds is 0. The van der Waals surface area contributed by atoms with Gasteiger partial charge in [-0.3, -0.25) is 0 Å². The number of ether oxygens (including phenoxy) is 1. The second-order valence-electron chi connectivity index (χ2n) is 7.38. The minimum atomic E-state index is -0.0589. The summed E-state index contributed by atoms with van der Waals surface area (Å²) in [4.78, 5) is 0. The van der Waals surface area contributed by atoms with E-state index < -0.39 is 0 Å². The van der Waals surface area contributed by atoms with Crippen LogP contribution in [0.25, 0.3) is 0 Å². The van der Waals surface area contributed by atoms with Crippen LogP contribution in [0.5, 0.6) is 5.75 Å². The van der Waals surface area contributed by atoms with Crippen LogP contribution in [0.4, 0.5) is 0 Å². The van der Waals surface area contributed by atoms with Gasteiger partial charge in [0.05, 0.1) is 12.0 Å². The summed E-state index contributed by atoms with van der Waals surface area (Å²) in [5.74, 6) is 0.928. The quantitative estimate of drug-likeness (QED) is 0.684. The van der Waals surface area contributed by atoms with E-state index in [4.69, 9.17) is 4.74 Å². The molecule has 1 aliphatic carbocycles. The van der Waals surface area contributed by atoms with Crippen molar-refractivity contribution in [2.75, 3.05) is 0 Å². The van der Waals surface area contributed by atoms with Crippen molar-refractivity contribution in [2.24, 2.45) is 0 Å². The van der Waals surface area contributed by atoms with Gasteiger partial charge in [0.2, 0.25) is 0 Å². The highest BCUT2D eigenvalue weighted by Gasteiger charge is 2.43. The first kappa shape index (κ1) is 13.5. The number of nitriles is 1. The second kappa shape index (κ2) is 4.52. The average Bonchev–Trinajstić information content (AvgIpc) is 2.84. The lowest BCUT2D eigenvalue weighted by molar-refractivity contribution is 0.0484. The van der Waals surface area contributed by atoms with E-state index in [0.29, 0.717) is 0 Å². The van der Waals surface area contributed by atoms with Crippen molar-refractivity contribution in [1.29, 1.82) is 5.26 Å². The van der Waals surface area contributed by atoms with Crippen LogP contribution in [-0.4, -0.2) is 5.60 Å². The number of nitrogens with zero attached hydrogens (tertiary/aromatic N) is 1. The Balaban J connectivity index is 2.02. The molecule has 2 aliphatic rings. The zero-order chi connectivity index (χ0) is 14.4. The van der Waals surface area contributed by atoms with E-state index in [9.17, 15) is 5.26 Å². The fraction of sp³-hybridized carbons (Fsp3) is 0.611. The van der Waals surface area contributed by atoms with Crippen LogP contribution in [0.2, 0.25) is 0 Å². The Kier molecular flexibility index (Phi) is 3.05. The molecule has 106 valence electrons. The fourth-order valence-electron chi connectivity index (χ4n) is 3.58. The summed E-state index contributed by atoms with van der Waals surface area (Å²) < 4.78 is 6.33. The van der Waals surface area contributed by atoms with Gasteiger partial charge in [0.15, 0.2) is 0 Å². The van der Waals surface area contributed by atoms with Crippen LogP contribution in [0.15, 0.2) is 18.2 Å². The molecule has 1 atom stereocenters. The molecular weight excluding hydrogens is 246 g/mol. The summed E-state index contributed by atoms with van der Waals surface area (Å²) in [6.07, 6.45) is 5.53. The molecule has 0 N–H and O–H groups in total. The van der Waals surface area contributed by atoms with Gasteiger partial charge in [0.25, 0.3) is 0 Å². The molecule has 20 heavy (non-hydrogen) atoms. The highest BCUT2D eigenvalue weighted by molar-refractivity contribution is 5.46. The lowest BCUT2D eigenvalue weighted by atomic mass is 9.79. The van der Waals surface area contributed by atoms with Crippen LogP contribution < -0.4 is 4.74 Å². The monoisotopic (exact) mass is 269 g/mol. The van der Waals surface area contributed by atoms with Crippen LogP contribution in [0.1, 0.15) is 69.9 Å². The zero-order valence-corrected chi connectivity index (χ0v) is 12.7. The zero-order valence-electron chi connectivity index (χ0n) is 12.7. The molecule has 2 heteroatoms. The molecule has 0 radical (unpaired) electrons. The Labute approximate surface area is 121 Å². The third-order valence-electron chi connectivity index (χ3n) is 4.82. The van der Waals surface area contributed by atoms with Crippen molar-refractivity contribution < 1.29 is 4.74 Å². The van der Waals surface area contributed by atoms with E-state index in [-0.39, 0.29) is 16.9 Å². The molecule has 0 saturated heterocycles. The molecule has 1 heterocycles. The van der Waals surface area contributed by atoms with Crippen molar-refractivity contribution in [2.45, 2.75) is 69.8 Å². The van der Waals surface area contributed by atoms with Gasteiger partial charge in [-0.05, 0) is 42.7 Å². The Bertz CT molecular complexity index is 556. The van der Waals surface area contributed by atoms with Gasteiger partial charge in [0, 0.05) is 12.0 Å². The summed E-state index contributed by atoms with van der Waals surface area (Å²) >= 11 is 0. The van der Waals surface area contributed by atoms with Gasteiger partial charge in [-0.2, -0.15) is 5.26 Å². The first-order chi connectivity index (χ1) is 9.43. The van der Waals surface area contributed by atoms with Crippen LogP contribution >= 0.6 is 0 Å². The van der Waals surface area contributed by atoms with Crippen LogP contribution in [-0.2, 0) is 5.41 Å². The molecular formula is C18H23NO. The van der Waals surface area contributed by atoms with Crippen molar-refractivity contribution in [1.82, 2.24) is 0 Å². The maximum Gasteiger partial charge on any atom is 0.124 e. The largest absolute Gasteiger partial charge is 0.487 e. The van der Waals surface area contributed by atoms with Gasteiger partial charge in [-0.1, -0.05) is 32.9 Å². The molecule has 1 fully saturated rings. The third-order valence-corrected chi connectivity index (χ3v) is 4.82. The van der Waals surface area contributed by atoms with Crippen molar-refractivity contribution in [3.63, 3.8) is 0 Å². The Hall–Kier alpha value is -1.49. The van der Waals surface area contributed by atoms with Crippen molar-refractivity contribution >= 4 is 0 Å². The number of benzene rings is 1. The molecule has 1 aliphatic heterocycles. The Morgan fingerprint density at radius 1 is 1.25 bits per heavy atom. The smallest absolute Gasteiger partial charge is 0.124 e. The second-order valence-corrected chi connectivity index (χ2v) is 7.38. The molecule has 0 bridgehead atoms. The first-order valence-electron chi connectivity index (χ1n) is 7.67. The van der Waals surface area contributed by atoms with E-state index in [1.54, 1.807) is 0 Å². The average molecular weight is 269 g/mol. The molecule has 0 aromatic heterocycles. The number of hydrogen-bond donors (Lipinski definition) is 0.